The Hall–Kier alpha value is -1.35. The summed E-state index contributed by atoms with van der Waals surface area (Å²) < 4.78 is 5.52. The van der Waals surface area contributed by atoms with Crippen LogP contribution in [0.15, 0.2) is 18.2 Å². The lowest BCUT2D eigenvalue weighted by molar-refractivity contribution is -0.137. The number of fused-ring (bicyclic) bond motifs is 1. The highest BCUT2D eigenvalue weighted by atomic mass is 16.5. The van der Waals surface area contributed by atoms with Crippen LogP contribution in [0.2, 0.25) is 0 Å². The Morgan fingerprint density at radius 2 is 2.24 bits per heavy atom. The molecule has 1 heterocycles. The molecule has 0 unspecified atom stereocenters. The first kappa shape index (κ1) is 10.8. The van der Waals surface area contributed by atoms with E-state index < -0.39 is 5.97 Å². The van der Waals surface area contributed by atoms with Crippen molar-refractivity contribution in [3.05, 3.63) is 34.9 Å². The minimum atomic E-state index is -0.697. The van der Waals surface area contributed by atoms with Crippen LogP contribution in [-0.2, 0) is 28.0 Å². The maximum atomic E-state index is 11.0. The third kappa shape index (κ3) is 1.84. The Labute approximate surface area is 100 Å². The molecule has 0 atom stereocenters. The predicted octanol–water partition coefficient (Wildman–Crippen LogP) is 2.27. The Bertz CT molecular complexity index is 461. The van der Waals surface area contributed by atoms with E-state index in [1.165, 1.54) is 16.7 Å². The molecule has 1 aromatic rings. The Morgan fingerprint density at radius 3 is 2.94 bits per heavy atom. The van der Waals surface area contributed by atoms with Crippen molar-refractivity contribution < 1.29 is 14.6 Å². The second-order valence-corrected chi connectivity index (χ2v) is 5.10. The fraction of sp³-hybridized carbons (Fsp3) is 0.500. The van der Waals surface area contributed by atoms with Gasteiger partial charge in [-0.05, 0) is 36.0 Å². The van der Waals surface area contributed by atoms with Crippen molar-refractivity contribution in [1.82, 2.24) is 0 Å². The minimum Gasteiger partial charge on any atom is -0.481 e. The first-order chi connectivity index (χ1) is 8.21. The average Bonchev–Trinajstić information content (AvgIpc) is 3.08. The van der Waals surface area contributed by atoms with Crippen molar-refractivity contribution in [2.75, 3.05) is 6.61 Å². The SMILES string of the molecule is O=C(O)CC1(c2cccc3c2COCC3)CC1. The number of aliphatic carboxylic acids is 1. The molecule has 1 aromatic carbocycles. The number of carbonyl (C=O) groups is 1. The quantitative estimate of drug-likeness (QED) is 0.869. The van der Waals surface area contributed by atoms with Crippen LogP contribution in [0.4, 0.5) is 0 Å². The summed E-state index contributed by atoms with van der Waals surface area (Å²) in [5.74, 6) is -0.697. The zero-order valence-corrected chi connectivity index (χ0v) is 9.74. The topological polar surface area (TPSA) is 46.5 Å². The van der Waals surface area contributed by atoms with E-state index in [4.69, 9.17) is 9.84 Å². The van der Waals surface area contributed by atoms with E-state index >= 15 is 0 Å². The molecule has 1 fully saturated rings. The summed E-state index contributed by atoms with van der Waals surface area (Å²) in [6.07, 6.45) is 3.20. The van der Waals surface area contributed by atoms with Gasteiger partial charge in [0.25, 0.3) is 0 Å². The molecule has 0 saturated heterocycles. The molecule has 1 aliphatic heterocycles. The third-order valence-corrected chi connectivity index (χ3v) is 3.95. The summed E-state index contributed by atoms with van der Waals surface area (Å²) in [5, 5.41) is 9.02. The molecule has 0 spiro atoms. The number of carboxylic acids is 1. The van der Waals surface area contributed by atoms with Crippen LogP contribution in [0.1, 0.15) is 36.0 Å². The molecule has 0 amide bonds. The lowest BCUT2D eigenvalue weighted by Crippen LogP contribution is -2.19. The van der Waals surface area contributed by atoms with Gasteiger partial charge in [-0.25, -0.2) is 0 Å². The van der Waals surface area contributed by atoms with Crippen molar-refractivity contribution in [1.29, 1.82) is 0 Å². The van der Waals surface area contributed by atoms with Gasteiger partial charge in [-0.1, -0.05) is 18.2 Å². The van der Waals surface area contributed by atoms with Crippen LogP contribution in [0, 0.1) is 0 Å². The van der Waals surface area contributed by atoms with Crippen LogP contribution in [0.3, 0.4) is 0 Å². The Morgan fingerprint density at radius 1 is 1.41 bits per heavy atom. The standard InChI is InChI=1S/C14H16O3/c15-13(16)8-14(5-6-14)12-3-1-2-10-4-7-17-9-11(10)12/h1-3H,4-9H2,(H,15,16). The first-order valence-electron chi connectivity index (χ1n) is 6.12. The van der Waals surface area contributed by atoms with E-state index in [2.05, 4.69) is 18.2 Å². The first-order valence-corrected chi connectivity index (χ1v) is 6.12. The van der Waals surface area contributed by atoms with Crippen LogP contribution in [-0.4, -0.2) is 17.7 Å². The molecule has 90 valence electrons. The summed E-state index contributed by atoms with van der Waals surface area (Å²) >= 11 is 0. The monoisotopic (exact) mass is 232 g/mol. The molecule has 3 nitrogen and oxygen atoms in total. The number of rotatable bonds is 3. The van der Waals surface area contributed by atoms with Crippen molar-refractivity contribution in [3.63, 3.8) is 0 Å². The molecular weight excluding hydrogens is 216 g/mol. The molecular formula is C14H16O3. The highest BCUT2D eigenvalue weighted by molar-refractivity contribution is 5.70. The number of carboxylic acid groups (broad SMARTS) is 1. The Kier molecular flexibility index (Phi) is 2.44. The van der Waals surface area contributed by atoms with Gasteiger partial charge in [0.1, 0.15) is 0 Å². The van der Waals surface area contributed by atoms with Gasteiger partial charge in [0.15, 0.2) is 0 Å². The number of hydrogen-bond donors (Lipinski definition) is 1. The smallest absolute Gasteiger partial charge is 0.304 e. The second-order valence-electron chi connectivity index (χ2n) is 5.10. The van der Waals surface area contributed by atoms with Crippen LogP contribution in [0.25, 0.3) is 0 Å². The van der Waals surface area contributed by atoms with Crippen molar-refractivity contribution in [2.24, 2.45) is 0 Å². The molecule has 1 saturated carbocycles. The summed E-state index contributed by atoms with van der Waals surface area (Å²) in [6.45, 7) is 1.43. The molecule has 1 aliphatic carbocycles. The molecule has 3 heteroatoms. The van der Waals surface area contributed by atoms with Gasteiger partial charge in [-0.15, -0.1) is 0 Å². The maximum Gasteiger partial charge on any atom is 0.304 e. The van der Waals surface area contributed by atoms with Gasteiger partial charge in [0.05, 0.1) is 19.6 Å². The number of benzene rings is 1. The van der Waals surface area contributed by atoms with Crippen molar-refractivity contribution >= 4 is 5.97 Å². The fourth-order valence-electron chi connectivity index (χ4n) is 2.87. The minimum absolute atomic E-state index is 0.0993. The zero-order valence-electron chi connectivity index (χ0n) is 9.74. The highest BCUT2D eigenvalue weighted by Crippen LogP contribution is 2.52. The molecule has 17 heavy (non-hydrogen) atoms. The third-order valence-electron chi connectivity index (χ3n) is 3.95. The van der Waals surface area contributed by atoms with Crippen LogP contribution < -0.4 is 0 Å². The van der Waals surface area contributed by atoms with E-state index in [1.807, 2.05) is 0 Å². The van der Waals surface area contributed by atoms with Crippen molar-refractivity contribution in [2.45, 2.75) is 37.7 Å². The van der Waals surface area contributed by atoms with E-state index in [-0.39, 0.29) is 11.8 Å². The molecule has 0 aromatic heterocycles. The van der Waals surface area contributed by atoms with Gasteiger partial charge in [-0.2, -0.15) is 0 Å². The van der Waals surface area contributed by atoms with E-state index in [9.17, 15) is 4.79 Å². The molecule has 2 aliphatic rings. The molecule has 0 bridgehead atoms. The van der Waals surface area contributed by atoms with Crippen LogP contribution >= 0.6 is 0 Å². The summed E-state index contributed by atoms with van der Waals surface area (Å²) in [6, 6.07) is 6.28. The van der Waals surface area contributed by atoms with Gasteiger partial charge in [-0.3, -0.25) is 4.79 Å². The van der Waals surface area contributed by atoms with Crippen molar-refractivity contribution in [3.8, 4) is 0 Å². The summed E-state index contributed by atoms with van der Waals surface area (Å²) in [4.78, 5) is 11.0. The fourth-order valence-corrected chi connectivity index (χ4v) is 2.87. The van der Waals surface area contributed by atoms with Crippen LogP contribution in [0.5, 0.6) is 0 Å². The molecule has 0 radical (unpaired) electrons. The van der Waals surface area contributed by atoms with E-state index in [1.54, 1.807) is 0 Å². The van der Waals surface area contributed by atoms with Gasteiger partial charge in [0.2, 0.25) is 0 Å². The predicted molar refractivity (Wildman–Crippen MR) is 63.0 cm³/mol. The molecule has 1 N–H and O–H groups in total. The number of ether oxygens (including phenoxy) is 1. The lowest BCUT2D eigenvalue weighted by Gasteiger charge is -2.24. The van der Waals surface area contributed by atoms with E-state index in [0.717, 1.165) is 25.9 Å². The second kappa shape index (κ2) is 3.84. The van der Waals surface area contributed by atoms with Gasteiger partial charge in [0, 0.05) is 5.41 Å². The Balaban J connectivity index is 2.00. The van der Waals surface area contributed by atoms with E-state index in [0.29, 0.717) is 6.61 Å². The van der Waals surface area contributed by atoms with Gasteiger partial charge >= 0.3 is 5.97 Å². The maximum absolute atomic E-state index is 11.0. The highest BCUT2D eigenvalue weighted by Gasteiger charge is 2.47. The lowest BCUT2D eigenvalue weighted by atomic mass is 9.85. The summed E-state index contributed by atoms with van der Waals surface area (Å²) in [7, 11) is 0. The number of hydrogen-bond acceptors (Lipinski definition) is 2. The largest absolute Gasteiger partial charge is 0.481 e. The average molecular weight is 232 g/mol. The summed E-state index contributed by atoms with van der Waals surface area (Å²) in [5.41, 5.74) is 3.71. The zero-order chi connectivity index (χ0) is 11.9. The normalized spacial score (nSPS) is 20.7. The van der Waals surface area contributed by atoms with Gasteiger partial charge < -0.3 is 9.84 Å². The molecule has 3 rings (SSSR count).